The van der Waals surface area contributed by atoms with Gasteiger partial charge in [-0.3, -0.25) is 4.99 Å². The van der Waals surface area contributed by atoms with Crippen molar-refractivity contribution in [2.45, 2.75) is 46.5 Å². The minimum atomic E-state index is 0.602. The molecule has 0 radical (unpaired) electrons. The van der Waals surface area contributed by atoms with Gasteiger partial charge in [-0.05, 0) is 38.5 Å². The van der Waals surface area contributed by atoms with Crippen LogP contribution in [0.2, 0.25) is 0 Å². The minimum absolute atomic E-state index is 0.602. The van der Waals surface area contributed by atoms with Gasteiger partial charge in [-0.1, -0.05) is 13.8 Å². The van der Waals surface area contributed by atoms with E-state index in [0.717, 1.165) is 64.7 Å². The van der Waals surface area contributed by atoms with E-state index in [1.165, 1.54) is 6.42 Å². The van der Waals surface area contributed by atoms with Gasteiger partial charge in [0.25, 0.3) is 0 Å². The maximum atomic E-state index is 5.55. The van der Waals surface area contributed by atoms with Gasteiger partial charge >= 0.3 is 0 Å². The number of hydrogen-bond donors (Lipinski definition) is 2. The van der Waals surface area contributed by atoms with Crippen molar-refractivity contribution < 1.29 is 9.47 Å². The molecule has 0 fully saturated rings. The van der Waals surface area contributed by atoms with Gasteiger partial charge in [0.05, 0.1) is 0 Å². The molecule has 0 bridgehead atoms. The first-order chi connectivity index (χ1) is 10.2. The van der Waals surface area contributed by atoms with Crippen molar-refractivity contribution in [3.05, 3.63) is 0 Å². The quantitative estimate of drug-likeness (QED) is 0.312. The SMILES string of the molecule is CCNC(=NCCCOCC(C)C)NCCCCCOC. The monoisotopic (exact) mass is 301 g/mol. The van der Waals surface area contributed by atoms with Crippen molar-refractivity contribution >= 4 is 5.96 Å². The second kappa shape index (κ2) is 15.6. The molecule has 0 heterocycles. The molecular weight excluding hydrogens is 266 g/mol. The van der Waals surface area contributed by atoms with Crippen LogP contribution in [0.5, 0.6) is 0 Å². The highest BCUT2D eigenvalue weighted by atomic mass is 16.5. The van der Waals surface area contributed by atoms with E-state index >= 15 is 0 Å². The lowest BCUT2D eigenvalue weighted by molar-refractivity contribution is 0.109. The van der Waals surface area contributed by atoms with Crippen LogP contribution in [0.25, 0.3) is 0 Å². The summed E-state index contributed by atoms with van der Waals surface area (Å²) in [6, 6.07) is 0. The molecule has 0 atom stereocenters. The van der Waals surface area contributed by atoms with Crippen LogP contribution in [-0.4, -0.2) is 52.5 Å². The molecule has 0 saturated carbocycles. The van der Waals surface area contributed by atoms with Crippen molar-refractivity contribution in [3.63, 3.8) is 0 Å². The summed E-state index contributed by atoms with van der Waals surface area (Å²) in [7, 11) is 1.75. The van der Waals surface area contributed by atoms with Gasteiger partial charge in [0.2, 0.25) is 0 Å². The standard InChI is InChI=1S/C16H35N3O2/c1-5-17-16(18-10-7-6-8-12-20-4)19-11-9-13-21-14-15(2)3/h15H,5-14H2,1-4H3,(H2,17,18,19). The van der Waals surface area contributed by atoms with Crippen molar-refractivity contribution in [2.75, 3.05) is 46.6 Å². The van der Waals surface area contributed by atoms with E-state index in [4.69, 9.17) is 9.47 Å². The average molecular weight is 301 g/mol. The maximum Gasteiger partial charge on any atom is 0.191 e. The third kappa shape index (κ3) is 15.4. The molecule has 5 nitrogen and oxygen atoms in total. The van der Waals surface area contributed by atoms with E-state index in [1.54, 1.807) is 7.11 Å². The number of aliphatic imine (C=N–C) groups is 1. The van der Waals surface area contributed by atoms with Crippen LogP contribution in [0.3, 0.4) is 0 Å². The van der Waals surface area contributed by atoms with Crippen LogP contribution in [0.15, 0.2) is 4.99 Å². The van der Waals surface area contributed by atoms with E-state index < -0.39 is 0 Å². The molecule has 0 aromatic heterocycles. The Morgan fingerprint density at radius 3 is 2.52 bits per heavy atom. The summed E-state index contributed by atoms with van der Waals surface area (Å²) in [4.78, 5) is 4.55. The van der Waals surface area contributed by atoms with E-state index in [9.17, 15) is 0 Å². The van der Waals surface area contributed by atoms with Crippen LogP contribution in [0.1, 0.15) is 46.5 Å². The fraction of sp³-hybridized carbons (Fsp3) is 0.938. The van der Waals surface area contributed by atoms with Crippen LogP contribution in [0, 0.1) is 5.92 Å². The van der Waals surface area contributed by atoms with Gasteiger partial charge in [0, 0.05) is 46.6 Å². The Hall–Kier alpha value is -0.810. The first-order valence-electron chi connectivity index (χ1n) is 8.29. The molecule has 0 rings (SSSR count). The number of ether oxygens (including phenoxy) is 2. The van der Waals surface area contributed by atoms with Crippen LogP contribution in [0.4, 0.5) is 0 Å². The van der Waals surface area contributed by atoms with Gasteiger partial charge in [-0.25, -0.2) is 0 Å². The summed E-state index contributed by atoms with van der Waals surface area (Å²) in [6.45, 7) is 11.5. The predicted molar refractivity (Wildman–Crippen MR) is 90.0 cm³/mol. The fourth-order valence-corrected chi connectivity index (χ4v) is 1.77. The molecule has 0 aromatic rings. The predicted octanol–water partition coefficient (Wildman–Crippen LogP) is 2.42. The molecule has 0 aliphatic heterocycles. The molecule has 0 saturated heterocycles. The van der Waals surface area contributed by atoms with Gasteiger partial charge in [-0.2, -0.15) is 0 Å². The summed E-state index contributed by atoms with van der Waals surface area (Å²) in [5, 5.41) is 6.63. The Kier molecular flexibility index (Phi) is 15.0. The molecule has 5 heteroatoms. The molecule has 2 N–H and O–H groups in total. The first-order valence-corrected chi connectivity index (χ1v) is 8.29. The molecular formula is C16H35N3O2. The Balaban J connectivity index is 3.65. The lowest BCUT2D eigenvalue weighted by Gasteiger charge is -2.11. The third-order valence-electron chi connectivity index (χ3n) is 2.83. The Morgan fingerprint density at radius 2 is 1.86 bits per heavy atom. The summed E-state index contributed by atoms with van der Waals surface area (Å²) in [5.41, 5.74) is 0. The van der Waals surface area contributed by atoms with Crippen LogP contribution in [-0.2, 0) is 9.47 Å². The molecule has 0 spiro atoms. The van der Waals surface area contributed by atoms with Gasteiger partial charge in [-0.15, -0.1) is 0 Å². The minimum Gasteiger partial charge on any atom is -0.385 e. The summed E-state index contributed by atoms with van der Waals surface area (Å²) < 4.78 is 10.6. The lowest BCUT2D eigenvalue weighted by Crippen LogP contribution is -2.37. The number of unbranched alkanes of at least 4 members (excludes halogenated alkanes) is 2. The average Bonchev–Trinajstić information content (AvgIpc) is 2.45. The number of nitrogens with one attached hydrogen (secondary N) is 2. The topological polar surface area (TPSA) is 54.9 Å². The smallest absolute Gasteiger partial charge is 0.191 e. The van der Waals surface area contributed by atoms with E-state index in [1.807, 2.05) is 0 Å². The second-order valence-corrected chi connectivity index (χ2v) is 5.56. The fourth-order valence-electron chi connectivity index (χ4n) is 1.77. The molecule has 0 amide bonds. The highest BCUT2D eigenvalue weighted by Gasteiger charge is 1.97. The summed E-state index contributed by atoms with van der Waals surface area (Å²) >= 11 is 0. The molecule has 0 aliphatic rings. The van der Waals surface area contributed by atoms with Gasteiger partial charge in [0.15, 0.2) is 5.96 Å². The van der Waals surface area contributed by atoms with Crippen molar-refractivity contribution in [1.29, 1.82) is 0 Å². The second-order valence-electron chi connectivity index (χ2n) is 5.56. The largest absolute Gasteiger partial charge is 0.385 e. The van der Waals surface area contributed by atoms with Crippen molar-refractivity contribution in [2.24, 2.45) is 10.9 Å². The molecule has 0 aromatic carbocycles. The van der Waals surface area contributed by atoms with Crippen molar-refractivity contribution in [1.82, 2.24) is 10.6 Å². The molecule has 21 heavy (non-hydrogen) atoms. The summed E-state index contributed by atoms with van der Waals surface area (Å²) in [5.74, 6) is 1.51. The zero-order chi connectivity index (χ0) is 15.8. The van der Waals surface area contributed by atoms with Crippen LogP contribution < -0.4 is 10.6 Å². The highest BCUT2D eigenvalue weighted by Crippen LogP contribution is 1.95. The summed E-state index contributed by atoms with van der Waals surface area (Å²) in [6.07, 6.45) is 4.42. The van der Waals surface area contributed by atoms with Crippen LogP contribution >= 0.6 is 0 Å². The Bertz CT molecular complexity index is 246. The number of rotatable bonds is 13. The Labute approximate surface area is 130 Å². The van der Waals surface area contributed by atoms with Gasteiger partial charge < -0.3 is 20.1 Å². The van der Waals surface area contributed by atoms with E-state index in [-0.39, 0.29) is 0 Å². The lowest BCUT2D eigenvalue weighted by atomic mass is 10.2. The zero-order valence-corrected chi connectivity index (χ0v) is 14.4. The van der Waals surface area contributed by atoms with Gasteiger partial charge in [0.1, 0.15) is 0 Å². The molecule has 0 unspecified atom stereocenters. The van der Waals surface area contributed by atoms with E-state index in [0.29, 0.717) is 5.92 Å². The highest BCUT2D eigenvalue weighted by molar-refractivity contribution is 5.79. The third-order valence-corrected chi connectivity index (χ3v) is 2.83. The number of hydrogen-bond acceptors (Lipinski definition) is 3. The normalized spacial score (nSPS) is 12.0. The number of methoxy groups -OCH3 is 1. The first kappa shape index (κ1) is 20.2. The zero-order valence-electron chi connectivity index (χ0n) is 14.4. The molecule has 126 valence electrons. The number of guanidine groups is 1. The maximum absolute atomic E-state index is 5.55. The molecule has 0 aliphatic carbocycles. The van der Waals surface area contributed by atoms with Crippen molar-refractivity contribution in [3.8, 4) is 0 Å². The van der Waals surface area contributed by atoms with E-state index in [2.05, 4.69) is 36.4 Å². The number of nitrogens with zero attached hydrogens (tertiary/aromatic N) is 1. The Morgan fingerprint density at radius 1 is 1.05 bits per heavy atom.